The van der Waals surface area contributed by atoms with Gasteiger partial charge in [-0.15, -0.1) is 0 Å². The van der Waals surface area contributed by atoms with E-state index in [0.29, 0.717) is 18.1 Å². The van der Waals surface area contributed by atoms with Gasteiger partial charge in [-0.25, -0.2) is 0 Å². The third kappa shape index (κ3) is 2.98. The maximum Gasteiger partial charge on any atom is 0.231 e. The van der Waals surface area contributed by atoms with Gasteiger partial charge in [0.1, 0.15) is 0 Å². The molecule has 1 fully saturated rings. The first-order valence-electron chi connectivity index (χ1n) is 6.71. The van der Waals surface area contributed by atoms with Gasteiger partial charge in [-0.05, 0) is 44.0 Å². The minimum Gasteiger partial charge on any atom is -0.454 e. The summed E-state index contributed by atoms with van der Waals surface area (Å²) in [4.78, 5) is 12.0. The topological polar surface area (TPSA) is 59.6 Å². The van der Waals surface area contributed by atoms with E-state index in [-0.39, 0.29) is 12.7 Å². The van der Waals surface area contributed by atoms with Gasteiger partial charge in [-0.1, -0.05) is 0 Å². The monoisotopic (exact) mass is 262 g/mol. The molecule has 5 nitrogen and oxygen atoms in total. The summed E-state index contributed by atoms with van der Waals surface area (Å²) in [5.41, 5.74) is 0.762. The molecule has 2 N–H and O–H groups in total. The van der Waals surface area contributed by atoms with Crippen molar-refractivity contribution in [2.24, 2.45) is 5.92 Å². The summed E-state index contributed by atoms with van der Waals surface area (Å²) in [6.45, 7) is 2.26. The van der Waals surface area contributed by atoms with Crippen LogP contribution in [0.15, 0.2) is 18.2 Å². The molecule has 0 aromatic heterocycles. The Balaban J connectivity index is 1.56. The molecular formula is C14H18N2O3. The molecule has 0 aliphatic carbocycles. The highest BCUT2D eigenvalue weighted by Gasteiger charge is 2.18. The Labute approximate surface area is 112 Å². The molecule has 2 aliphatic heterocycles. The second-order valence-electron chi connectivity index (χ2n) is 5.03. The zero-order valence-electron chi connectivity index (χ0n) is 10.8. The van der Waals surface area contributed by atoms with Crippen LogP contribution in [0.4, 0.5) is 5.69 Å². The lowest BCUT2D eigenvalue weighted by molar-refractivity contribution is -0.117. The lowest BCUT2D eigenvalue weighted by atomic mass is 9.96. The number of amides is 1. The van der Waals surface area contributed by atoms with E-state index >= 15 is 0 Å². The van der Waals surface area contributed by atoms with Crippen LogP contribution in [0.25, 0.3) is 0 Å². The quantitative estimate of drug-likeness (QED) is 0.871. The Morgan fingerprint density at radius 2 is 2.26 bits per heavy atom. The van der Waals surface area contributed by atoms with Gasteiger partial charge in [0, 0.05) is 18.2 Å². The lowest BCUT2D eigenvalue weighted by Gasteiger charge is -2.22. The summed E-state index contributed by atoms with van der Waals surface area (Å²) in [6.07, 6.45) is 2.85. The fraction of sp³-hybridized carbons (Fsp3) is 0.500. The molecule has 0 spiro atoms. The molecule has 1 aromatic carbocycles. The molecule has 0 bridgehead atoms. The number of benzene rings is 1. The largest absolute Gasteiger partial charge is 0.454 e. The van der Waals surface area contributed by atoms with E-state index in [1.165, 1.54) is 0 Å². The molecule has 1 unspecified atom stereocenters. The Morgan fingerprint density at radius 3 is 3.11 bits per heavy atom. The van der Waals surface area contributed by atoms with Crippen molar-refractivity contribution < 1.29 is 14.3 Å². The fourth-order valence-electron chi connectivity index (χ4n) is 2.55. The number of ether oxygens (including phenoxy) is 2. The van der Waals surface area contributed by atoms with E-state index < -0.39 is 0 Å². The predicted molar refractivity (Wildman–Crippen MR) is 71.4 cm³/mol. The molecule has 2 aliphatic rings. The van der Waals surface area contributed by atoms with Crippen molar-refractivity contribution in [3.63, 3.8) is 0 Å². The molecule has 1 amide bonds. The molecule has 2 heterocycles. The number of carbonyl (C=O) groups excluding carboxylic acids is 1. The highest BCUT2D eigenvalue weighted by atomic mass is 16.7. The molecule has 1 saturated heterocycles. The minimum atomic E-state index is 0.0626. The SMILES string of the molecule is O=C(CC1CCCNC1)Nc1ccc2c(c1)OCO2. The van der Waals surface area contributed by atoms with Crippen LogP contribution in [0.5, 0.6) is 11.5 Å². The fourth-order valence-corrected chi connectivity index (χ4v) is 2.55. The first kappa shape index (κ1) is 12.3. The number of piperidine rings is 1. The molecular weight excluding hydrogens is 244 g/mol. The Morgan fingerprint density at radius 1 is 1.37 bits per heavy atom. The van der Waals surface area contributed by atoms with Crippen LogP contribution in [0.3, 0.4) is 0 Å². The van der Waals surface area contributed by atoms with Gasteiger partial charge in [-0.3, -0.25) is 4.79 Å². The van der Waals surface area contributed by atoms with Gasteiger partial charge in [0.05, 0.1) is 0 Å². The minimum absolute atomic E-state index is 0.0626. The number of anilines is 1. The normalized spacial score (nSPS) is 21.2. The number of hydrogen-bond donors (Lipinski definition) is 2. The van der Waals surface area contributed by atoms with Crippen LogP contribution in [0.1, 0.15) is 19.3 Å². The summed E-state index contributed by atoms with van der Waals surface area (Å²) in [6, 6.07) is 5.46. The van der Waals surface area contributed by atoms with E-state index in [4.69, 9.17) is 9.47 Å². The number of nitrogens with one attached hydrogen (secondary N) is 2. The average Bonchev–Trinajstić information content (AvgIpc) is 2.87. The number of fused-ring (bicyclic) bond motifs is 1. The second kappa shape index (κ2) is 5.48. The number of carbonyl (C=O) groups is 1. The zero-order valence-corrected chi connectivity index (χ0v) is 10.8. The van der Waals surface area contributed by atoms with E-state index in [2.05, 4.69) is 10.6 Å². The average molecular weight is 262 g/mol. The number of rotatable bonds is 3. The predicted octanol–water partition coefficient (Wildman–Crippen LogP) is 1.74. The zero-order chi connectivity index (χ0) is 13.1. The Kier molecular flexibility index (Phi) is 3.55. The van der Waals surface area contributed by atoms with Gasteiger partial charge in [0.2, 0.25) is 12.7 Å². The van der Waals surface area contributed by atoms with Gasteiger partial charge in [0.25, 0.3) is 0 Å². The molecule has 5 heteroatoms. The molecule has 1 atom stereocenters. The Bertz CT molecular complexity index is 470. The van der Waals surface area contributed by atoms with Crippen LogP contribution in [-0.2, 0) is 4.79 Å². The highest BCUT2D eigenvalue weighted by Crippen LogP contribution is 2.34. The van der Waals surface area contributed by atoms with E-state index in [9.17, 15) is 4.79 Å². The van der Waals surface area contributed by atoms with E-state index in [1.54, 1.807) is 6.07 Å². The molecule has 1 aromatic rings. The van der Waals surface area contributed by atoms with E-state index in [0.717, 1.165) is 37.4 Å². The molecule has 3 rings (SSSR count). The summed E-state index contributed by atoms with van der Waals surface area (Å²) < 4.78 is 10.5. The van der Waals surface area contributed by atoms with Crippen molar-refractivity contribution in [2.75, 3.05) is 25.2 Å². The first-order chi connectivity index (χ1) is 9.31. The Hall–Kier alpha value is -1.75. The van der Waals surface area contributed by atoms with Crippen molar-refractivity contribution in [1.82, 2.24) is 5.32 Å². The third-order valence-electron chi connectivity index (χ3n) is 3.53. The van der Waals surface area contributed by atoms with Crippen LogP contribution >= 0.6 is 0 Å². The lowest BCUT2D eigenvalue weighted by Crippen LogP contribution is -2.32. The van der Waals surface area contributed by atoms with Crippen LogP contribution in [-0.4, -0.2) is 25.8 Å². The van der Waals surface area contributed by atoms with Gasteiger partial charge in [0.15, 0.2) is 11.5 Å². The smallest absolute Gasteiger partial charge is 0.231 e. The summed E-state index contributed by atoms with van der Waals surface area (Å²) in [5.74, 6) is 1.93. The van der Waals surface area contributed by atoms with E-state index in [1.807, 2.05) is 12.1 Å². The molecule has 0 saturated carbocycles. The van der Waals surface area contributed by atoms with Crippen molar-refractivity contribution in [2.45, 2.75) is 19.3 Å². The summed E-state index contributed by atoms with van der Waals surface area (Å²) >= 11 is 0. The van der Waals surface area contributed by atoms with Crippen molar-refractivity contribution >= 4 is 11.6 Å². The van der Waals surface area contributed by atoms with Crippen LogP contribution in [0, 0.1) is 5.92 Å². The second-order valence-corrected chi connectivity index (χ2v) is 5.03. The highest BCUT2D eigenvalue weighted by molar-refractivity contribution is 5.91. The summed E-state index contributed by atoms with van der Waals surface area (Å²) in [7, 11) is 0. The van der Waals surface area contributed by atoms with Crippen molar-refractivity contribution in [1.29, 1.82) is 0 Å². The maximum atomic E-state index is 12.0. The van der Waals surface area contributed by atoms with Crippen molar-refractivity contribution in [3.05, 3.63) is 18.2 Å². The van der Waals surface area contributed by atoms with Gasteiger partial charge in [-0.2, -0.15) is 0 Å². The third-order valence-corrected chi connectivity index (χ3v) is 3.53. The van der Waals surface area contributed by atoms with Gasteiger partial charge < -0.3 is 20.1 Å². The van der Waals surface area contributed by atoms with Gasteiger partial charge >= 0.3 is 0 Å². The molecule has 19 heavy (non-hydrogen) atoms. The maximum absolute atomic E-state index is 12.0. The molecule has 102 valence electrons. The summed E-state index contributed by atoms with van der Waals surface area (Å²) in [5, 5.41) is 6.24. The van der Waals surface area contributed by atoms with Crippen molar-refractivity contribution in [3.8, 4) is 11.5 Å². The molecule has 0 radical (unpaired) electrons. The number of hydrogen-bond acceptors (Lipinski definition) is 4. The van der Waals surface area contributed by atoms with Crippen LogP contribution in [0.2, 0.25) is 0 Å². The standard InChI is InChI=1S/C14H18N2O3/c17-14(6-10-2-1-5-15-8-10)16-11-3-4-12-13(7-11)19-9-18-12/h3-4,7,10,15H,1-2,5-6,8-9H2,(H,16,17). The first-order valence-corrected chi connectivity index (χ1v) is 6.71. The van der Waals surface area contributed by atoms with Crippen LogP contribution < -0.4 is 20.1 Å².